The fraction of sp³-hybridized carbons (Fsp3) is 0.500. The van der Waals surface area contributed by atoms with E-state index >= 15 is 0 Å². The molecule has 2 aromatic rings. The molecule has 5 heterocycles. The van der Waals surface area contributed by atoms with Gasteiger partial charge < -0.3 is 9.80 Å². The van der Waals surface area contributed by atoms with E-state index in [0.29, 0.717) is 36.8 Å². The Morgan fingerprint density at radius 2 is 2.11 bits per heavy atom. The molecule has 0 spiro atoms. The molecule has 2 amide bonds. The van der Waals surface area contributed by atoms with Crippen LogP contribution >= 0.6 is 0 Å². The van der Waals surface area contributed by atoms with Crippen molar-refractivity contribution in [2.24, 2.45) is 5.92 Å². The molecule has 3 fully saturated rings. The molecular weight excluding hydrogens is 342 g/mol. The summed E-state index contributed by atoms with van der Waals surface area (Å²) in [6, 6.07) is 1.87. The lowest BCUT2D eigenvalue weighted by atomic mass is 9.94. The Morgan fingerprint density at radius 3 is 2.89 bits per heavy atom. The number of aryl methyl sites for hydroxylation is 1. The van der Waals surface area contributed by atoms with Crippen molar-refractivity contribution in [3.05, 3.63) is 41.5 Å². The third kappa shape index (κ3) is 3.11. The van der Waals surface area contributed by atoms with Crippen molar-refractivity contribution < 1.29 is 9.59 Å². The summed E-state index contributed by atoms with van der Waals surface area (Å²) in [7, 11) is 0. The summed E-state index contributed by atoms with van der Waals surface area (Å²) >= 11 is 0. The minimum absolute atomic E-state index is 0.0678. The van der Waals surface area contributed by atoms with Gasteiger partial charge in [0.25, 0.3) is 5.91 Å². The van der Waals surface area contributed by atoms with Crippen molar-refractivity contribution in [1.82, 2.24) is 24.2 Å². The van der Waals surface area contributed by atoms with Crippen LogP contribution in [0.15, 0.2) is 30.1 Å². The van der Waals surface area contributed by atoms with Crippen molar-refractivity contribution >= 4 is 17.6 Å². The smallest absolute Gasteiger partial charge is 0.272 e. The lowest BCUT2D eigenvalue weighted by Crippen LogP contribution is -2.48. The number of aromatic nitrogens is 3. The van der Waals surface area contributed by atoms with Gasteiger partial charge >= 0.3 is 0 Å². The van der Waals surface area contributed by atoms with Crippen LogP contribution in [0.5, 0.6) is 0 Å². The van der Waals surface area contributed by atoms with E-state index in [4.69, 9.17) is 0 Å². The van der Waals surface area contributed by atoms with E-state index in [1.807, 2.05) is 36.8 Å². The van der Waals surface area contributed by atoms with Crippen LogP contribution in [0, 0.1) is 12.8 Å². The number of carbonyl (C=O) groups is 2. The number of hydrogen-bond acceptors (Lipinski definition) is 4. The van der Waals surface area contributed by atoms with Crippen LogP contribution in [0.3, 0.4) is 0 Å². The number of fused-ring (bicyclic) bond motifs is 5. The second kappa shape index (κ2) is 6.79. The van der Waals surface area contributed by atoms with E-state index in [1.165, 1.54) is 5.57 Å². The zero-order chi connectivity index (χ0) is 19.1. The van der Waals surface area contributed by atoms with Crippen LogP contribution in [0.1, 0.15) is 42.9 Å². The quantitative estimate of drug-likeness (QED) is 0.779. The van der Waals surface area contributed by atoms with E-state index in [0.717, 1.165) is 12.8 Å². The number of hydrogen-bond donors (Lipinski definition) is 0. The second-order valence-corrected chi connectivity index (χ2v) is 7.75. The van der Waals surface area contributed by atoms with Gasteiger partial charge in [-0.15, -0.1) is 0 Å². The molecule has 27 heavy (non-hydrogen) atoms. The predicted molar refractivity (Wildman–Crippen MR) is 101 cm³/mol. The molecular formula is C20H25N5O2. The molecule has 142 valence electrons. The Hall–Kier alpha value is -2.70. The van der Waals surface area contributed by atoms with Gasteiger partial charge in [-0.3, -0.25) is 14.0 Å². The summed E-state index contributed by atoms with van der Waals surface area (Å²) in [5.74, 6) is 0.519. The van der Waals surface area contributed by atoms with Crippen molar-refractivity contribution in [2.45, 2.75) is 39.7 Å². The lowest BCUT2D eigenvalue weighted by Gasteiger charge is -2.35. The zero-order valence-electron chi connectivity index (χ0n) is 16.1. The molecule has 0 saturated carbocycles. The van der Waals surface area contributed by atoms with Gasteiger partial charge in [0.2, 0.25) is 11.7 Å². The molecule has 0 aliphatic carbocycles. The minimum atomic E-state index is -0.115. The number of rotatable bonds is 3. The first-order valence-corrected chi connectivity index (χ1v) is 9.48. The molecule has 0 unspecified atom stereocenters. The first kappa shape index (κ1) is 17.7. The summed E-state index contributed by atoms with van der Waals surface area (Å²) in [6.07, 6.45) is 7.37. The van der Waals surface area contributed by atoms with Crippen LogP contribution in [0.25, 0.3) is 5.78 Å². The van der Waals surface area contributed by atoms with Crippen molar-refractivity contribution in [1.29, 1.82) is 0 Å². The van der Waals surface area contributed by atoms with E-state index < -0.39 is 0 Å². The van der Waals surface area contributed by atoms with Gasteiger partial charge in [0.05, 0.1) is 11.6 Å². The van der Waals surface area contributed by atoms with Gasteiger partial charge in [-0.05, 0) is 39.7 Å². The topological polar surface area (TPSA) is 70.8 Å². The van der Waals surface area contributed by atoms with Crippen LogP contribution in [-0.4, -0.2) is 61.7 Å². The van der Waals surface area contributed by atoms with Crippen molar-refractivity contribution in [3.8, 4) is 0 Å². The highest BCUT2D eigenvalue weighted by Crippen LogP contribution is 2.30. The van der Waals surface area contributed by atoms with Gasteiger partial charge in [0.1, 0.15) is 5.69 Å². The average Bonchev–Trinajstić information content (AvgIpc) is 2.77. The molecule has 5 rings (SSSR count). The highest BCUT2D eigenvalue weighted by atomic mass is 16.2. The predicted octanol–water partition coefficient (Wildman–Crippen LogP) is 2.07. The standard InChI is InChI=1S/C20H25N5O2/c1-13(2)7-10-24-16-6-5-15(18(24)26)11-23(12-16)19(27)17-14(3)22-20-21-8-4-9-25(17)20/h4,7-9,15-16H,5-6,10-12H2,1-3H3/t15-,16+/m1/s1. The van der Waals surface area contributed by atoms with E-state index in [1.54, 1.807) is 16.7 Å². The first-order valence-electron chi connectivity index (χ1n) is 9.48. The lowest BCUT2D eigenvalue weighted by molar-refractivity contribution is -0.139. The van der Waals surface area contributed by atoms with Gasteiger partial charge in [-0.25, -0.2) is 9.97 Å². The zero-order valence-corrected chi connectivity index (χ0v) is 16.1. The number of nitrogens with zero attached hydrogens (tertiary/aromatic N) is 5. The molecule has 2 atom stereocenters. The summed E-state index contributed by atoms with van der Waals surface area (Å²) in [4.78, 5) is 38.7. The summed E-state index contributed by atoms with van der Waals surface area (Å²) in [5.41, 5.74) is 2.41. The molecule has 2 bridgehead atoms. The second-order valence-electron chi connectivity index (χ2n) is 7.75. The number of piperidine rings is 1. The van der Waals surface area contributed by atoms with Gasteiger partial charge in [0.15, 0.2) is 0 Å². The number of allylic oxidation sites excluding steroid dienone is 1. The third-order valence-corrected chi connectivity index (χ3v) is 5.56. The maximum atomic E-state index is 13.3. The summed E-state index contributed by atoms with van der Waals surface area (Å²) in [5, 5.41) is 0. The Labute approximate surface area is 158 Å². The van der Waals surface area contributed by atoms with Gasteiger partial charge in [-0.1, -0.05) is 11.6 Å². The van der Waals surface area contributed by atoms with Crippen LogP contribution < -0.4 is 0 Å². The normalized spacial score (nSPS) is 22.3. The van der Waals surface area contributed by atoms with Crippen LogP contribution in [0.2, 0.25) is 0 Å². The molecule has 3 aliphatic rings. The Balaban J connectivity index is 1.64. The van der Waals surface area contributed by atoms with Crippen molar-refractivity contribution in [2.75, 3.05) is 19.6 Å². The average molecular weight is 367 g/mol. The minimum Gasteiger partial charge on any atom is -0.334 e. The molecule has 7 heteroatoms. The third-order valence-electron chi connectivity index (χ3n) is 5.56. The van der Waals surface area contributed by atoms with E-state index in [9.17, 15) is 9.59 Å². The van der Waals surface area contributed by atoms with E-state index in [-0.39, 0.29) is 23.8 Å². The fourth-order valence-electron chi connectivity index (χ4n) is 4.13. The Kier molecular flexibility index (Phi) is 4.45. The van der Waals surface area contributed by atoms with Crippen LogP contribution in [0.4, 0.5) is 0 Å². The summed E-state index contributed by atoms with van der Waals surface area (Å²) in [6.45, 7) is 7.59. The molecule has 0 N–H and O–H groups in total. The monoisotopic (exact) mass is 367 g/mol. The molecule has 3 aliphatic heterocycles. The first-order chi connectivity index (χ1) is 13.0. The molecule has 2 aromatic heterocycles. The summed E-state index contributed by atoms with van der Waals surface area (Å²) < 4.78 is 1.74. The van der Waals surface area contributed by atoms with Crippen LogP contribution in [-0.2, 0) is 4.79 Å². The highest BCUT2D eigenvalue weighted by Gasteiger charge is 2.42. The Bertz CT molecular complexity index is 928. The molecule has 0 radical (unpaired) electrons. The molecule has 0 aromatic carbocycles. The highest BCUT2D eigenvalue weighted by molar-refractivity contribution is 5.95. The molecule has 7 nitrogen and oxygen atoms in total. The fourth-order valence-corrected chi connectivity index (χ4v) is 4.13. The number of imidazole rings is 1. The SMILES string of the molecule is CC(C)=CCN1C(=O)[C@@H]2CC[C@H]1CN(C(=O)c1c(C)nc3ncccn13)C2. The largest absolute Gasteiger partial charge is 0.334 e. The Morgan fingerprint density at radius 1 is 1.30 bits per heavy atom. The maximum Gasteiger partial charge on any atom is 0.272 e. The van der Waals surface area contributed by atoms with Gasteiger partial charge in [-0.2, -0.15) is 0 Å². The number of amides is 2. The molecule has 3 saturated heterocycles. The maximum absolute atomic E-state index is 13.3. The number of carbonyl (C=O) groups excluding carboxylic acids is 2. The van der Waals surface area contributed by atoms with E-state index in [2.05, 4.69) is 16.0 Å². The van der Waals surface area contributed by atoms with Crippen molar-refractivity contribution in [3.63, 3.8) is 0 Å². The van der Waals surface area contributed by atoms with Gasteiger partial charge in [0, 0.05) is 38.1 Å².